The van der Waals surface area contributed by atoms with Crippen LogP contribution in [0.15, 0.2) is 66.7 Å². The molecule has 0 radical (unpaired) electrons. The first-order valence-electron chi connectivity index (χ1n) is 8.35. The van der Waals surface area contributed by atoms with E-state index in [1.54, 1.807) is 24.3 Å². The minimum absolute atomic E-state index is 0.0303. The lowest BCUT2D eigenvalue weighted by Crippen LogP contribution is -2.24. The third-order valence-corrected chi connectivity index (χ3v) is 3.80. The van der Waals surface area contributed by atoms with E-state index >= 15 is 0 Å². The fraction of sp³-hybridized carbons (Fsp3) is 0.150. The van der Waals surface area contributed by atoms with Gasteiger partial charge in [-0.15, -0.1) is 10.2 Å². The van der Waals surface area contributed by atoms with Gasteiger partial charge in [0.2, 0.25) is 5.91 Å². The molecule has 1 amide bonds. The van der Waals surface area contributed by atoms with Crippen LogP contribution in [0.2, 0.25) is 0 Å². The molecule has 0 saturated carbocycles. The number of nitrogens with zero attached hydrogens (tertiary/aromatic N) is 2. The third kappa shape index (κ3) is 5.11. The van der Waals surface area contributed by atoms with Crippen LogP contribution in [-0.2, 0) is 11.3 Å². The van der Waals surface area contributed by atoms with Crippen LogP contribution < -0.4 is 10.6 Å². The van der Waals surface area contributed by atoms with E-state index in [0.29, 0.717) is 31.0 Å². The van der Waals surface area contributed by atoms with Gasteiger partial charge < -0.3 is 10.6 Å². The molecule has 3 rings (SSSR count). The highest BCUT2D eigenvalue weighted by Crippen LogP contribution is 2.17. The predicted octanol–water partition coefficient (Wildman–Crippen LogP) is 3.40. The molecule has 1 heterocycles. The van der Waals surface area contributed by atoms with Crippen molar-refractivity contribution >= 4 is 11.7 Å². The maximum Gasteiger partial charge on any atom is 0.222 e. The van der Waals surface area contributed by atoms with Crippen molar-refractivity contribution in [1.29, 1.82) is 0 Å². The molecular formula is C20H19FN4O. The summed E-state index contributed by atoms with van der Waals surface area (Å²) in [4.78, 5) is 11.9. The molecule has 0 aliphatic rings. The van der Waals surface area contributed by atoms with Crippen molar-refractivity contribution in [2.75, 3.05) is 11.9 Å². The summed E-state index contributed by atoms with van der Waals surface area (Å²) in [6.45, 7) is 0.983. The first-order valence-corrected chi connectivity index (χ1v) is 8.35. The van der Waals surface area contributed by atoms with Gasteiger partial charge in [-0.2, -0.15) is 0 Å². The van der Waals surface area contributed by atoms with Crippen molar-refractivity contribution in [3.63, 3.8) is 0 Å². The SMILES string of the molecule is O=C(CCNc1ccc(-c2ccc(F)cc2)nn1)NCc1ccccc1. The van der Waals surface area contributed by atoms with E-state index in [9.17, 15) is 9.18 Å². The second-order valence-electron chi connectivity index (χ2n) is 5.75. The second kappa shape index (κ2) is 8.71. The van der Waals surface area contributed by atoms with Crippen LogP contribution in [0.4, 0.5) is 10.2 Å². The molecule has 0 fully saturated rings. The zero-order valence-corrected chi connectivity index (χ0v) is 14.2. The summed E-state index contributed by atoms with van der Waals surface area (Å²) in [6, 6.07) is 19.4. The van der Waals surface area contributed by atoms with Gasteiger partial charge in [-0.1, -0.05) is 30.3 Å². The van der Waals surface area contributed by atoms with Crippen molar-refractivity contribution in [3.05, 3.63) is 78.1 Å². The van der Waals surface area contributed by atoms with E-state index in [1.165, 1.54) is 12.1 Å². The van der Waals surface area contributed by atoms with E-state index in [2.05, 4.69) is 20.8 Å². The minimum Gasteiger partial charge on any atom is -0.368 e. The fourth-order valence-corrected chi connectivity index (χ4v) is 2.39. The van der Waals surface area contributed by atoms with Gasteiger partial charge in [0.1, 0.15) is 11.6 Å². The highest BCUT2D eigenvalue weighted by Gasteiger charge is 2.04. The second-order valence-corrected chi connectivity index (χ2v) is 5.75. The third-order valence-electron chi connectivity index (χ3n) is 3.80. The number of aromatic nitrogens is 2. The van der Waals surface area contributed by atoms with E-state index in [0.717, 1.165) is 11.1 Å². The van der Waals surface area contributed by atoms with E-state index in [-0.39, 0.29) is 11.7 Å². The standard InChI is InChI=1S/C20H19FN4O/c21-17-8-6-16(7-9-17)18-10-11-19(25-24-18)22-13-12-20(26)23-14-15-4-2-1-3-5-15/h1-11H,12-14H2,(H,22,25)(H,23,26). The van der Waals surface area contributed by atoms with Crippen molar-refractivity contribution in [2.45, 2.75) is 13.0 Å². The quantitative estimate of drug-likeness (QED) is 0.685. The molecule has 0 saturated heterocycles. The van der Waals surface area contributed by atoms with Crippen LogP contribution in [0.1, 0.15) is 12.0 Å². The lowest BCUT2D eigenvalue weighted by molar-refractivity contribution is -0.121. The van der Waals surface area contributed by atoms with Gasteiger partial charge in [0, 0.05) is 25.1 Å². The molecule has 5 nitrogen and oxygen atoms in total. The summed E-state index contributed by atoms with van der Waals surface area (Å²) in [7, 11) is 0. The Hall–Kier alpha value is -3.28. The van der Waals surface area contributed by atoms with E-state index in [4.69, 9.17) is 0 Å². The minimum atomic E-state index is -0.287. The number of hydrogen-bond donors (Lipinski definition) is 2. The van der Waals surface area contributed by atoms with Gasteiger partial charge in [0.05, 0.1) is 5.69 Å². The largest absolute Gasteiger partial charge is 0.368 e. The van der Waals surface area contributed by atoms with Crippen LogP contribution in [-0.4, -0.2) is 22.6 Å². The number of nitrogens with one attached hydrogen (secondary N) is 2. The van der Waals surface area contributed by atoms with E-state index < -0.39 is 0 Å². The lowest BCUT2D eigenvalue weighted by Gasteiger charge is -2.07. The van der Waals surface area contributed by atoms with E-state index in [1.807, 2.05) is 30.3 Å². The normalized spacial score (nSPS) is 10.3. The highest BCUT2D eigenvalue weighted by atomic mass is 19.1. The molecule has 1 aromatic heterocycles. The maximum atomic E-state index is 12.9. The van der Waals surface area contributed by atoms with Crippen LogP contribution in [0.25, 0.3) is 11.3 Å². The van der Waals surface area contributed by atoms with Crippen molar-refractivity contribution < 1.29 is 9.18 Å². The Balaban J connectivity index is 1.43. The molecule has 0 aliphatic heterocycles. The average Bonchev–Trinajstić information content (AvgIpc) is 2.68. The number of halogens is 1. The van der Waals surface area contributed by atoms with Crippen molar-refractivity contribution in [3.8, 4) is 11.3 Å². The first kappa shape index (κ1) is 17.5. The Kier molecular flexibility index (Phi) is 5.88. The van der Waals surface area contributed by atoms with Crippen LogP contribution in [0, 0.1) is 5.82 Å². The number of carbonyl (C=O) groups excluding carboxylic acids is 1. The predicted molar refractivity (Wildman–Crippen MR) is 98.8 cm³/mol. The molecule has 0 spiro atoms. The molecule has 2 N–H and O–H groups in total. The van der Waals surface area contributed by atoms with Crippen LogP contribution >= 0.6 is 0 Å². The maximum absolute atomic E-state index is 12.9. The molecule has 0 aliphatic carbocycles. The number of amides is 1. The topological polar surface area (TPSA) is 66.9 Å². The monoisotopic (exact) mass is 350 g/mol. The van der Waals surface area contributed by atoms with Gasteiger partial charge >= 0.3 is 0 Å². The number of carbonyl (C=O) groups is 1. The number of anilines is 1. The van der Waals surface area contributed by atoms with Crippen molar-refractivity contribution in [2.24, 2.45) is 0 Å². The van der Waals surface area contributed by atoms with Crippen molar-refractivity contribution in [1.82, 2.24) is 15.5 Å². The molecule has 6 heteroatoms. The molecule has 0 unspecified atom stereocenters. The van der Waals surface area contributed by atoms with Gasteiger partial charge in [0.25, 0.3) is 0 Å². The first-order chi connectivity index (χ1) is 12.7. The Morgan fingerprint density at radius 1 is 0.923 bits per heavy atom. The summed E-state index contributed by atoms with van der Waals surface area (Å²) in [5, 5.41) is 14.1. The zero-order chi connectivity index (χ0) is 18.2. The smallest absolute Gasteiger partial charge is 0.222 e. The number of benzene rings is 2. The number of rotatable bonds is 7. The summed E-state index contributed by atoms with van der Waals surface area (Å²) >= 11 is 0. The Labute approximate surface area is 151 Å². The molecule has 132 valence electrons. The van der Waals surface area contributed by atoms with Gasteiger partial charge in [0.15, 0.2) is 0 Å². The summed E-state index contributed by atoms with van der Waals surface area (Å²) in [5.41, 5.74) is 2.53. The average molecular weight is 350 g/mol. The summed E-state index contributed by atoms with van der Waals surface area (Å²) in [5.74, 6) is 0.273. The molecule has 26 heavy (non-hydrogen) atoms. The molecule has 3 aromatic rings. The lowest BCUT2D eigenvalue weighted by atomic mass is 10.1. The Bertz CT molecular complexity index is 836. The van der Waals surface area contributed by atoms with Gasteiger partial charge in [-0.05, 0) is 42.0 Å². The Morgan fingerprint density at radius 3 is 2.38 bits per heavy atom. The van der Waals surface area contributed by atoms with Gasteiger partial charge in [-0.25, -0.2) is 4.39 Å². The zero-order valence-electron chi connectivity index (χ0n) is 14.2. The Morgan fingerprint density at radius 2 is 1.69 bits per heavy atom. The van der Waals surface area contributed by atoms with Crippen LogP contribution in [0.3, 0.4) is 0 Å². The molecular weight excluding hydrogens is 331 g/mol. The number of hydrogen-bond acceptors (Lipinski definition) is 4. The fourth-order valence-electron chi connectivity index (χ4n) is 2.39. The molecule has 0 bridgehead atoms. The molecule has 0 atom stereocenters. The summed E-state index contributed by atoms with van der Waals surface area (Å²) < 4.78 is 12.9. The van der Waals surface area contributed by atoms with Gasteiger partial charge in [-0.3, -0.25) is 4.79 Å². The van der Waals surface area contributed by atoms with Crippen LogP contribution in [0.5, 0.6) is 0 Å². The highest BCUT2D eigenvalue weighted by molar-refractivity contribution is 5.76. The molecule has 2 aromatic carbocycles. The summed E-state index contributed by atoms with van der Waals surface area (Å²) in [6.07, 6.45) is 0.341.